The third-order valence-corrected chi connectivity index (χ3v) is 3.98. The molecule has 1 saturated carbocycles. The first-order valence-corrected chi connectivity index (χ1v) is 5.57. The lowest BCUT2D eigenvalue weighted by molar-refractivity contribution is 0.0155. The molecule has 0 aromatic rings. The predicted octanol–water partition coefficient (Wildman–Crippen LogP) is 1.61. The van der Waals surface area contributed by atoms with Crippen LogP contribution in [-0.4, -0.2) is 36.1 Å². The fourth-order valence-electron chi connectivity index (χ4n) is 2.77. The molecule has 0 bridgehead atoms. The van der Waals surface area contributed by atoms with Gasteiger partial charge in [0.15, 0.2) is 0 Å². The summed E-state index contributed by atoms with van der Waals surface area (Å²) in [5.41, 5.74) is 0.346. The number of fused-ring (bicyclic) bond motifs is 1. The lowest BCUT2D eigenvalue weighted by Crippen LogP contribution is -2.66. The van der Waals surface area contributed by atoms with E-state index in [0.717, 1.165) is 18.6 Å². The average Bonchev–Trinajstić information content (AvgIpc) is 2.13. The smallest absolute Gasteiger partial charge is 0.0278 e. The maximum Gasteiger partial charge on any atom is 0.0278 e. The minimum absolute atomic E-state index is 0.346. The van der Waals surface area contributed by atoms with E-state index in [2.05, 4.69) is 31.1 Å². The highest BCUT2D eigenvalue weighted by Gasteiger charge is 2.39. The average molecular weight is 182 g/mol. The van der Waals surface area contributed by atoms with Crippen LogP contribution in [0.2, 0.25) is 0 Å². The van der Waals surface area contributed by atoms with Crippen LogP contribution in [0, 0.1) is 0 Å². The largest absolute Gasteiger partial charge is 0.311 e. The van der Waals surface area contributed by atoms with Gasteiger partial charge in [0.1, 0.15) is 0 Å². The van der Waals surface area contributed by atoms with Crippen molar-refractivity contribution in [1.29, 1.82) is 0 Å². The molecular formula is C11H22N2. The second kappa shape index (κ2) is 3.25. The van der Waals surface area contributed by atoms with E-state index in [1.165, 1.54) is 25.7 Å². The molecule has 1 aliphatic carbocycles. The van der Waals surface area contributed by atoms with E-state index in [1.54, 1.807) is 0 Å². The van der Waals surface area contributed by atoms with Gasteiger partial charge in [-0.05, 0) is 33.7 Å². The Balaban J connectivity index is 2.10. The summed E-state index contributed by atoms with van der Waals surface area (Å²) in [7, 11) is 2.30. The van der Waals surface area contributed by atoms with E-state index in [-0.39, 0.29) is 0 Å². The molecule has 2 aliphatic rings. The van der Waals surface area contributed by atoms with E-state index >= 15 is 0 Å². The van der Waals surface area contributed by atoms with Crippen LogP contribution in [0.5, 0.6) is 0 Å². The van der Waals surface area contributed by atoms with Crippen LogP contribution in [0.4, 0.5) is 0 Å². The summed E-state index contributed by atoms with van der Waals surface area (Å²) in [6.07, 6.45) is 5.61. The molecule has 1 N–H and O–H groups in total. The predicted molar refractivity (Wildman–Crippen MR) is 55.9 cm³/mol. The highest BCUT2D eigenvalue weighted by Crippen LogP contribution is 2.30. The van der Waals surface area contributed by atoms with Crippen molar-refractivity contribution in [2.45, 2.75) is 57.2 Å². The maximum atomic E-state index is 3.70. The number of hydrogen-bond donors (Lipinski definition) is 1. The Labute approximate surface area is 81.7 Å². The number of nitrogens with zero attached hydrogens (tertiary/aromatic N) is 1. The van der Waals surface area contributed by atoms with E-state index in [9.17, 15) is 0 Å². The molecule has 0 aromatic heterocycles. The SMILES string of the molecule is CN1[C@H]2CCCC[C@@H]2NCC1(C)C. The van der Waals surface area contributed by atoms with Crippen LogP contribution in [-0.2, 0) is 0 Å². The van der Waals surface area contributed by atoms with E-state index < -0.39 is 0 Å². The molecule has 1 aliphatic heterocycles. The molecule has 0 amide bonds. The van der Waals surface area contributed by atoms with Gasteiger partial charge in [-0.3, -0.25) is 4.90 Å². The Hall–Kier alpha value is -0.0800. The van der Waals surface area contributed by atoms with Crippen molar-refractivity contribution in [3.05, 3.63) is 0 Å². The fourth-order valence-corrected chi connectivity index (χ4v) is 2.77. The van der Waals surface area contributed by atoms with Crippen molar-refractivity contribution in [2.75, 3.05) is 13.6 Å². The first kappa shape index (κ1) is 9.47. The monoisotopic (exact) mass is 182 g/mol. The third-order valence-electron chi connectivity index (χ3n) is 3.98. The summed E-state index contributed by atoms with van der Waals surface area (Å²) in [5, 5.41) is 3.70. The minimum atomic E-state index is 0.346. The Kier molecular flexibility index (Phi) is 2.37. The minimum Gasteiger partial charge on any atom is -0.311 e. The zero-order chi connectivity index (χ0) is 9.47. The number of rotatable bonds is 0. The van der Waals surface area contributed by atoms with Crippen molar-refractivity contribution in [3.63, 3.8) is 0 Å². The molecule has 0 spiro atoms. The molecule has 2 heteroatoms. The highest BCUT2D eigenvalue weighted by atomic mass is 15.3. The van der Waals surface area contributed by atoms with E-state index in [4.69, 9.17) is 0 Å². The summed E-state index contributed by atoms with van der Waals surface area (Å²) in [6, 6.07) is 1.56. The molecule has 0 unspecified atom stereocenters. The zero-order valence-electron chi connectivity index (χ0n) is 9.14. The van der Waals surface area contributed by atoms with Crippen LogP contribution in [0.15, 0.2) is 0 Å². The van der Waals surface area contributed by atoms with E-state index in [0.29, 0.717) is 5.54 Å². The standard InChI is InChI=1S/C11H22N2/c1-11(2)8-12-9-6-4-5-7-10(9)13(11)3/h9-10,12H,4-8H2,1-3H3/t9-,10-/m0/s1. The molecule has 0 radical (unpaired) electrons. The van der Waals surface area contributed by atoms with Crippen molar-refractivity contribution in [3.8, 4) is 0 Å². The van der Waals surface area contributed by atoms with Gasteiger partial charge in [-0.15, -0.1) is 0 Å². The second-order valence-electron chi connectivity index (χ2n) is 5.26. The maximum absolute atomic E-state index is 3.70. The molecule has 1 saturated heterocycles. The van der Waals surface area contributed by atoms with Gasteiger partial charge in [-0.1, -0.05) is 12.8 Å². The molecule has 13 heavy (non-hydrogen) atoms. The Morgan fingerprint density at radius 2 is 1.92 bits per heavy atom. The summed E-state index contributed by atoms with van der Waals surface area (Å²) in [5.74, 6) is 0. The van der Waals surface area contributed by atoms with Crippen molar-refractivity contribution >= 4 is 0 Å². The van der Waals surface area contributed by atoms with E-state index in [1.807, 2.05) is 0 Å². The van der Waals surface area contributed by atoms with Crippen LogP contribution >= 0.6 is 0 Å². The number of nitrogens with one attached hydrogen (secondary N) is 1. The Morgan fingerprint density at radius 3 is 2.69 bits per heavy atom. The van der Waals surface area contributed by atoms with Crippen LogP contribution < -0.4 is 5.32 Å². The van der Waals surface area contributed by atoms with Crippen LogP contribution in [0.3, 0.4) is 0 Å². The molecule has 2 fully saturated rings. The van der Waals surface area contributed by atoms with Gasteiger partial charge in [0.2, 0.25) is 0 Å². The first-order chi connectivity index (χ1) is 6.11. The summed E-state index contributed by atoms with van der Waals surface area (Å²) >= 11 is 0. The van der Waals surface area contributed by atoms with Gasteiger partial charge < -0.3 is 5.32 Å². The van der Waals surface area contributed by atoms with Crippen molar-refractivity contribution < 1.29 is 0 Å². The zero-order valence-corrected chi connectivity index (χ0v) is 9.14. The lowest BCUT2D eigenvalue weighted by atomic mass is 9.83. The first-order valence-electron chi connectivity index (χ1n) is 5.57. The number of hydrogen-bond acceptors (Lipinski definition) is 2. The summed E-state index contributed by atoms with van der Waals surface area (Å²) in [6.45, 7) is 5.82. The number of likely N-dealkylation sites (N-methyl/N-ethyl adjacent to an activating group) is 1. The Bertz CT molecular complexity index is 189. The Morgan fingerprint density at radius 1 is 1.23 bits per heavy atom. The molecule has 2 nitrogen and oxygen atoms in total. The van der Waals surface area contributed by atoms with Gasteiger partial charge in [0.25, 0.3) is 0 Å². The van der Waals surface area contributed by atoms with Gasteiger partial charge >= 0.3 is 0 Å². The van der Waals surface area contributed by atoms with Gasteiger partial charge in [0.05, 0.1) is 0 Å². The number of piperazine rings is 1. The van der Waals surface area contributed by atoms with Crippen molar-refractivity contribution in [2.24, 2.45) is 0 Å². The molecular weight excluding hydrogens is 160 g/mol. The molecule has 1 heterocycles. The fraction of sp³-hybridized carbons (Fsp3) is 1.00. The van der Waals surface area contributed by atoms with Gasteiger partial charge in [-0.25, -0.2) is 0 Å². The quantitative estimate of drug-likeness (QED) is 0.612. The lowest BCUT2D eigenvalue weighted by Gasteiger charge is -2.51. The summed E-state index contributed by atoms with van der Waals surface area (Å²) < 4.78 is 0. The van der Waals surface area contributed by atoms with Crippen LogP contribution in [0.1, 0.15) is 39.5 Å². The van der Waals surface area contributed by atoms with Gasteiger partial charge in [0, 0.05) is 24.2 Å². The van der Waals surface area contributed by atoms with Gasteiger partial charge in [-0.2, -0.15) is 0 Å². The topological polar surface area (TPSA) is 15.3 Å². The highest BCUT2D eigenvalue weighted by molar-refractivity contribution is 4.99. The van der Waals surface area contributed by atoms with Crippen LogP contribution in [0.25, 0.3) is 0 Å². The molecule has 76 valence electrons. The molecule has 2 atom stereocenters. The normalized spacial score (nSPS) is 39.9. The third kappa shape index (κ3) is 1.62. The molecule has 2 rings (SSSR count). The summed E-state index contributed by atoms with van der Waals surface area (Å²) in [4.78, 5) is 2.59. The molecule has 0 aromatic carbocycles. The van der Waals surface area contributed by atoms with Crippen molar-refractivity contribution in [1.82, 2.24) is 10.2 Å². The second-order valence-corrected chi connectivity index (χ2v) is 5.26.